The lowest BCUT2D eigenvalue weighted by molar-refractivity contribution is -0.0978. The predicted molar refractivity (Wildman–Crippen MR) is 67.1 cm³/mol. The number of hydrogen-bond donors (Lipinski definition) is 1. The minimum atomic E-state index is 0.000720. The third-order valence-electron chi connectivity index (χ3n) is 3.20. The minimum Gasteiger partial charge on any atom is -0.380 e. The molecule has 2 rings (SSSR count). The molecule has 0 bridgehead atoms. The van der Waals surface area contributed by atoms with Crippen molar-refractivity contribution in [3.63, 3.8) is 0 Å². The Morgan fingerprint density at radius 2 is 2.00 bits per heavy atom. The molecule has 0 aliphatic carbocycles. The third kappa shape index (κ3) is 2.86. The maximum atomic E-state index is 11.9. The summed E-state index contributed by atoms with van der Waals surface area (Å²) in [5.41, 5.74) is 2.10. The number of amides is 1. The Morgan fingerprint density at radius 1 is 1.35 bits per heavy atom. The lowest BCUT2D eigenvalue weighted by Crippen LogP contribution is -2.48. The molecule has 0 radical (unpaired) electrons. The molecule has 1 aromatic rings. The van der Waals surface area contributed by atoms with Crippen LogP contribution in [0.3, 0.4) is 0 Å². The smallest absolute Gasteiger partial charge is 0.251 e. The first-order chi connectivity index (χ1) is 8.13. The average Bonchev–Trinajstić information content (AvgIpc) is 2.33. The number of carbonyl (C=O) groups is 1. The van der Waals surface area contributed by atoms with E-state index in [1.165, 1.54) is 5.56 Å². The standard InChI is InChI=1S/C14H19NO2/c1-3-11-4-6-12(7-5-11)13(16)15-8-14(2)9-17-10-14/h4-7H,3,8-10H2,1-2H3,(H,15,16). The lowest BCUT2D eigenvalue weighted by atomic mass is 9.88. The van der Waals surface area contributed by atoms with Crippen LogP contribution in [0.5, 0.6) is 0 Å². The van der Waals surface area contributed by atoms with Gasteiger partial charge in [-0.05, 0) is 24.1 Å². The molecule has 1 aromatic carbocycles. The van der Waals surface area contributed by atoms with Gasteiger partial charge in [0.25, 0.3) is 5.91 Å². The number of benzene rings is 1. The summed E-state index contributed by atoms with van der Waals surface area (Å²) >= 11 is 0. The van der Waals surface area contributed by atoms with Crippen molar-refractivity contribution in [2.24, 2.45) is 5.41 Å². The van der Waals surface area contributed by atoms with Crippen molar-refractivity contribution in [3.8, 4) is 0 Å². The van der Waals surface area contributed by atoms with Crippen molar-refractivity contribution in [3.05, 3.63) is 35.4 Å². The Bertz CT molecular complexity index is 393. The van der Waals surface area contributed by atoms with Gasteiger partial charge in [0.05, 0.1) is 13.2 Å². The molecule has 1 amide bonds. The molecule has 1 saturated heterocycles. The van der Waals surface area contributed by atoms with Crippen LogP contribution in [0.15, 0.2) is 24.3 Å². The fourth-order valence-electron chi connectivity index (χ4n) is 1.84. The Labute approximate surface area is 102 Å². The third-order valence-corrected chi connectivity index (χ3v) is 3.20. The van der Waals surface area contributed by atoms with Gasteiger partial charge in [0.2, 0.25) is 0 Å². The van der Waals surface area contributed by atoms with Crippen LogP contribution in [0.2, 0.25) is 0 Å². The van der Waals surface area contributed by atoms with Gasteiger partial charge in [0.15, 0.2) is 0 Å². The molecule has 1 aliphatic heterocycles. The van der Waals surface area contributed by atoms with Crippen LogP contribution in [0.25, 0.3) is 0 Å². The summed E-state index contributed by atoms with van der Waals surface area (Å²) in [6, 6.07) is 7.77. The van der Waals surface area contributed by atoms with E-state index in [1.54, 1.807) is 0 Å². The highest BCUT2D eigenvalue weighted by Crippen LogP contribution is 2.25. The van der Waals surface area contributed by atoms with E-state index >= 15 is 0 Å². The summed E-state index contributed by atoms with van der Waals surface area (Å²) in [5, 5.41) is 2.96. The molecule has 92 valence electrons. The van der Waals surface area contributed by atoms with Crippen LogP contribution >= 0.6 is 0 Å². The number of ether oxygens (including phenoxy) is 1. The SMILES string of the molecule is CCc1ccc(C(=O)NCC2(C)COC2)cc1. The van der Waals surface area contributed by atoms with Crippen molar-refractivity contribution in [2.75, 3.05) is 19.8 Å². The van der Waals surface area contributed by atoms with Crippen LogP contribution in [0, 0.1) is 5.41 Å². The first kappa shape index (κ1) is 12.1. The molecule has 0 saturated carbocycles. The quantitative estimate of drug-likeness (QED) is 0.864. The number of hydrogen-bond acceptors (Lipinski definition) is 2. The summed E-state index contributed by atoms with van der Waals surface area (Å²) in [6.45, 7) is 6.38. The average molecular weight is 233 g/mol. The lowest BCUT2D eigenvalue weighted by Gasteiger charge is -2.38. The van der Waals surface area contributed by atoms with Crippen LogP contribution in [-0.2, 0) is 11.2 Å². The van der Waals surface area contributed by atoms with Crippen LogP contribution < -0.4 is 5.32 Å². The van der Waals surface area contributed by atoms with E-state index in [0.29, 0.717) is 6.54 Å². The molecular weight excluding hydrogens is 214 g/mol. The largest absolute Gasteiger partial charge is 0.380 e. The van der Waals surface area contributed by atoms with Gasteiger partial charge in [0.1, 0.15) is 0 Å². The molecule has 0 aromatic heterocycles. The highest BCUT2D eigenvalue weighted by molar-refractivity contribution is 5.94. The van der Waals surface area contributed by atoms with E-state index in [1.807, 2.05) is 24.3 Å². The van der Waals surface area contributed by atoms with E-state index in [2.05, 4.69) is 19.2 Å². The second kappa shape index (κ2) is 4.88. The number of nitrogens with one attached hydrogen (secondary N) is 1. The maximum absolute atomic E-state index is 11.9. The van der Waals surface area contributed by atoms with Gasteiger partial charge in [-0.1, -0.05) is 26.0 Å². The fraction of sp³-hybridized carbons (Fsp3) is 0.500. The Balaban J connectivity index is 1.90. The van der Waals surface area contributed by atoms with E-state index < -0.39 is 0 Å². The molecule has 17 heavy (non-hydrogen) atoms. The van der Waals surface area contributed by atoms with Crippen molar-refractivity contribution in [2.45, 2.75) is 20.3 Å². The molecule has 3 heteroatoms. The van der Waals surface area contributed by atoms with E-state index in [0.717, 1.165) is 25.2 Å². The van der Waals surface area contributed by atoms with Crippen LogP contribution in [0.4, 0.5) is 0 Å². The molecule has 0 unspecified atom stereocenters. The summed E-state index contributed by atoms with van der Waals surface area (Å²) in [4.78, 5) is 11.9. The maximum Gasteiger partial charge on any atom is 0.251 e. The Kier molecular flexibility index (Phi) is 3.48. The second-order valence-corrected chi connectivity index (χ2v) is 5.04. The molecule has 0 atom stereocenters. The molecule has 1 aliphatic rings. The fourth-order valence-corrected chi connectivity index (χ4v) is 1.84. The summed E-state index contributed by atoms with van der Waals surface area (Å²) in [5.74, 6) is 0.000720. The van der Waals surface area contributed by atoms with Gasteiger partial charge in [-0.15, -0.1) is 0 Å². The summed E-state index contributed by atoms with van der Waals surface area (Å²) < 4.78 is 5.15. The topological polar surface area (TPSA) is 38.3 Å². The zero-order chi connectivity index (χ0) is 12.3. The molecule has 0 spiro atoms. The molecule has 3 nitrogen and oxygen atoms in total. The molecule has 1 fully saturated rings. The normalized spacial score (nSPS) is 17.3. The molecular formula is C14H19NO2. The monoisotopic (exact) mass is 233 g/mol. The van der Waals surface area contributed by atoms with Crippen LogP contribution in [0.1, 0.15) is 29.8 Å². The van der Waals surface area contributed by atoms with Gasteiger partial charge >= 0.3 is 0 Å². The van der Waals surface area contributed by atoms with Crippen LogP contribution in [-0.4, -0.2) is 25.7 Å². The highest BCUT2D eigenvalue weighted by atomic mass is 16.5. The van der Waals surface area contributed by atoms with E-state index in [4.69, 9.17) is 4.74 Å². The molecule has 1 N–H and O–H groups in total. The van der Waals surface area contributed by atoms with Gasteiger partial charge in [-0.25, -0.2) is 0 Å². The van der Waals surface area contributed by atoms with Crippen molar-refractivity contribution < 1.29 is 9.53 Å². The minimum absolute atomic E-state index is 0.000720. The zero-order valence-corrected chi connectivity index (χ0v) is 10.5. The van der Waals surface area contributed by atoms with Gasteiger partial charge in [-0.2, -0.15) is 0 Å². The second-order valence-electron chi connectivity index (χ2n) is 5.04. The van der Waals surface area contributed by atoms with Gasteiger partial charge in [0, 0.05) is 17.5 Å². The first-order valence-corrected chi connectivity index (χ1v) is 6.08. The van der Waals surface area contributed by atoms with E-state index in [9.17, 15) is 4.79 Å². The zero-order valence-electron chi connectivity index (χ0n) is 10.5. The number of carbonyl (C=O) groups excluding carboxylic acids is 1. The van der Waals surface area contributed by atoms with Crippen molar-refractivity contribution in [1.82, 2.24) is 5.32 Å². The highest BCUT2D eigenvalue weighted by Gasteiger charge is 2.33. The van der Waals surface area contributed by atoms with Gasteiger partial charge < -0.3 is 10.1 Å². The molecule has 1 heterocycles. The van der Waals surface area contributed by atoms with E-state index in [-0.39, 0.29) is 11.3 Å². The summed E-state index contributed by atoms with van der Waals surface area (Å²) in [7, 11) is 0. The number of aryl methyl sites for hydroxylation is 1. The first-order valence-electron chi connectivity index (χ1n) is 6.08. The summed E-state index contributed by atoms with van der Waals surface area (Å²) in [6.07, 6.45) is 0.997. The predicted octanol–water partition coefficient (Wildman–Crippen LogP) is 2.02. The van der Waals surface area contributed by atoms with Gasteiger partial charge in [-0.3, -0.25) is 4.79 Å². The Hall–Kier alpha value is -1.35. The van der Waals surface area contributed by atoms with Crippen molar-refractivity contribution in [1.29, 1.82) is 0 Å². The number of rotatable bonds is 4. The van der Waals surface area contributed by atoms with Crippen molar-refractivity contribution >= 4 is 5.91 Å². The Morgan fingerprint density at radius 3 is 2.47 bits per heavy atom.